The first-order chi connectivity index (χ1) is 7.93. The molecule has 0 aliphatic rings. The Morgan fingerprint density at radius 3 is 2.18 bits per heavy atom. The van der Waals surface area contributed by atoms with E-state index < -0.39 is 0 Å². The number of carbonyl (C=O) groups is 2. The van der Waals surface area contributed by atoms with Gasteiger partial charge in [0.15, 0.2) is 0 Å². The summed E-state index contributed by atoms with van der Waals surface area (Å²) >= 11 is 0. The van der Waals surface area contributed by atoms with Gasteiger partial charge < -0.3 is 9.64 Å². The van der Waals surface area contributed by atoms with E-state index in [0.717, 1.165) is 6.42 Å². The average molecular weight is 243 g/mol. The van der Waals surface area contributed by atoms with Crippen LogP contribution < -0.4 is 0 Å². The maximum atomic E-state index is 12.0. The smallest absolute Gasteiger partial charge is 0.307 e. The summed E-state index contributed by atoms with van der Waals surface area (Å²) in [5.74, 6) is -0.174. The van der Waals surface area contributed by atoms with Crippen LogP contribution in [0, 0.1) is 5.92 Å². The van der Waals surface area contributed by atoms with Gasteiger partial charge >= 0.3 is 5.97 Å². The Morgan fingerprint density at radius 1 is 1.18 bits per heavy atom. The molecule has 0 bridgehead atoms. The van der Waals surface area contributed by atoms with Crippen molar-refractivity contribution in [2.24, 2.45) is 5.92 Å². The fraction of sp³-hybridized carbons (Fsp3) is 0.846. The zero-order chi connectivity index (χ0) is 13.4. The lowest BCUT2D eigenvalue weighted by Crippen LogP contribution is -2.42. The van der Waals surface area contributed by atoms with Crippen molar-refractivity contribution in [2.75, 3.05) is 13.2 Å². The van der Waals surface area contributed by atoms with Gasteiger partial charge in [-0.15, -0.1) is 0 Å². The summed E-state index contributed by atoms with van der Waals surface area (Å²) in [6.07, 6.45) is 1.16. The van der Waals surface area contributed by atoms with Crippen LogP contribution in [0.4, 0.5) is 0 Å². The predicted octanol–water partition coefficient (Wildman–Crippen LogP) is 2.22. The normalized spacial score (nSPS) is 12.4. The van der Waals surface area contributed by atoms with E-state index in [2.05, 4.69) is 0 Å². The Kier molecular flexibility index (Phi) is 7.59. The molecule has 0 aromatic rings. The lowest BCUT2D eigenvalue weighted by Gasteiger charge is -2.30. The highest BCUT2D eigenvalue weighted by molar-refractivity contribution is 5.79. The number of ether oxygens (including phenoxy) is 1. The second-order valence-corrected chi connectivity index (χ2v) is 4.50. The van der Waals surface area contributed by atoms with E-state index in [4.69, 9.17) is 4.74 Å². The molecule has 0 heterocycles. The monoisotopic (exact) mass is 243 g/mol. The van der Waals surface area contributed by atoms with Crippen LogP contribution in [0.1, 0.15) is 47.5 Å². The highest BCUT2D eigenvalue weighted by Gasteiger charge is 2.22. The van der Waals surface area contributed by atoms with Crippen molar-refractivity contribution in [1.82, 2.24) is 4.90 Å². The van der Waals surface area contributed by atoms with Gasteiger partial charge in [-0.25, -0.2) is 0 Å². The summed E-state index contributed by atoms with van der Waals surface area (Å²) < 4.78 is 4.87. The van der Waals surface area contributed by atoms with Crippen LogP contribution in [-0.2, 0) is 14.3 Å². The lowest BCUT2D eigenvalue weighted by molar-refractivity contribution is -0.145. The van der Waals surface area contributed by atoms with Gasteiger partial charge in [-0.3, -0.25) is 9.59 Å². The minimum Gasteiger partial charge on any atom is -0.466 e. The molecule has 1 unspecified atom stereocenters. The molecule has 100 valence electrons. The van der Waals surface area contributed by atoms with Crippen LogP contribution in [0.2, 0.25) is 0 Å². The molecule has 17 heavy (non-hydrogen) atoms. The van der Waals surface area contributed by atoms with Crippen LogP contribution in [0.15, 0.2) is 0 Å². The summed E-state index contributed by atoms with van der Waals surface area (Å²) in [6, 6.07) is 0.166. The molecule has 0 aliphatic heterocycles. The fourth-order valence-electron chi connectivity index (χ4n) is 1.54. The van der Waals surface area contributed by atoms with Crippen molar-refractivity contribution in [1.29, 1.82) is 0 Å². The predicted molar refractivity (Wildman–Crippen MR) is 67.6 cm³/mol. The van der Waals surface area contributed by atoms with Gasteiger partial charge in [-0.2, -0.15) is 0 Å². The summed E-state index contributed by atoms with van der Waals surface area (Å²) in [6.45, 7) is 10.4. The number of rotatable bonds is 7. The molecular weight excluding hydrogens is 218 g/mol. The molecule has 1 amide bonds. The number of nitrogens with zero attached hydrogens (tertiary/aromatic N) is 1. The molecule has 0 radical (unpaired) electrons. The van der Waals surface area contributed by atoms with Crippen LogP contribution in [0.3, 0.4) is 0 Å². The molecule has 1 atom stereocenters. The summed E-state index contributed by atoms with van der Waals surface area (Å²) in [5.41, 5.74) is 0. The molecule has 0 aliphatic carbocycles. The first kappa shape index (κ1) is 15.9. The van der Waals surface area contributed by atoms with Crippen molar-refractivity contribution < 1.29 is 14.3 Å². The Bertz CT molecular complexity index is 251. The molecular formula is C13H25NO3. The van der Waals surface area contributed by atoms with Gasteiger partial charge in [0.05, 0.1) is 13.0 Å². The third kappa shape index (κ3) is 5.71. The van der Waals surface area contributed by atoms with E-state index in [1.165, 1.54) is 0 Å². The van der Waals surface area contributed by atoms with E-state index in [0.29, 0.717) is 13.2 Å². The first-order valence-corrected chi connectivity index (χ1v) is 6.40. The molecule has 0 aromatic heterocycles. The van der Waals surface area contributed by atoms with E-state index in [1.807, 2.05) is 27.7 Å². The second-order valence-electron chi connectivity index (χ2n) is 4.50. The minimum absolute atomic E-state index is 0.0359. The molecule has 0 N–H and O–H groups in total. The van der Waals surface area contributed by atoms with Gasteiger partial charge in [-0.05, 0) is 20.3 Å². The van der Waals surface area contributed by atoms with Crippen LogP contribution >= 0.6 is 0 Å². The second kappa shape index (κ2) is 8.09. The number of esters is 1. The van der Waals surface area contributed by atoms with Gasteiger partial charge in [0.1, 0.15) is 0 Å². The Balaban J connectivity index is 4.40. The van der Waals surface area contributed by atoms with E-state index in [9.17, 15) is 9.59 Å². The van der Waals surface area contributed by atoms with Crippen molar-refractivity contribution >= 4 is 11.9 Å². The summed E-state index contributed by atoms with van der Waals surface area (Å²) in [7, 11) is 0. The summed E-state index contributed by atoms with van der Waals surface area (Å²) in [5, 5.41) is 0. The third-order valence-corrected chi connectivity index (χ3v) is 2.76. The van der Waals surface area contributed by atoms with Gasteiger partial charge in [0.25, 0.3) is 0 Å². The van der Waals surface area contributed by atoms with Crippen molar-refractivity contribution in [3.63, 3.8) is 0 Å². The highest BCUT2D eigenvalue weighted by Crippen LogP contribution is 2.10. The molecule has 0 aromatic carbocycles. The van der Waals surface area contributed by atoms with E-state index in [1.54, 1.807) is 11.8 Å². The van der Waals surface area contributed by atoms with Crippen LogP contribution in [-0.4, -0.2) is 36.0 Å². The molecule has 0 fully saturated rings. The molecule has 0 saturated heterocycles. The number of hydrogen-bond donors (Lipinski definition) is 0. The number of amides is 1. The SMILES string of the molecule is CCOC(=O)CCN(C(=O)C(C)C)C(C)CC. The maximum Gasteiger partial charge on any atom is 0.307 e. The third-order valence-electron chi connectivity index (χ3n) is 2.76. The van der Waals surface area contributed by atoms with Gasteiger partial charge in [0, 0.05) is 18.5 Å². The average Bonchev–Trinajstić information content (AvgIpc) is 2.28. The maximum absolute atomic E-state index is 12.0. The zero-order valence-electron chi connectivity index (χ0n) is 11.7. The Hall–Kier alpha value is -1.06. The molecule has 0 saturated carbocycles. The Morgan fingerprint density at radius 2 is 1.76 bits per heavy atom. The van der Waals surface area contributed by atoms with E-state index in [-0.39, 0.29) is 30.3 Å². The topological polar surface area (TPSA) is 46.6 Å². The standard InChI is InChI=1S/C13H25NO3/c1-6-11(5)14(13(16)10(3)4)9-8-12(15)17-7-2/h10-11H,6-9H2,1-5H3. The molecule has 4 nitrogen and oxygen atoms in total. The number of carbonyl (C=O) groups excluding carboxylic acids is 2. The van der Waals surface area contributed by atoms with Gasteiger partial charge in [0.2, 0.25) is 5.91 Å². The quantitative estimate of drug-likeness (QED) is 0.644. The van der Waals surface area contributed by atoms with Crippen molar-refractivity contribution in [2.45, 2.75) is 53.5 Å². The molecule has 0 spiro atoms. The number of hydrogen-bond acceptors (Lipinski definition) is 3. The van der Waals surface area contributed by atoms with Crippen LogP contribution in [0.5, 0.6) is 0 Å². The molecule has 0 rings (SSSR count). The zero-order valence-corrected chi connectivity index (χ0v) is 11.7. The molecule has 4 heteroatoms. The van der Waals surface area contributed by atoms with Crippen LogP contribution in [0.25, 0.3) is 0 Å². The Labute approximate surface area is 104 Å². The van der Waals surface area contributed by atoms with Gasteiger partial charge in [-0.1, -0.05) is 20.8 Å². The van der Waals surface area contributed by atoms with Crippen molar-refractivity contribution in [3.05, 3.63) is 0 Å². The first-order valence-electron chi connectivity index (χ1n) is 6.40. The minimum atomic E-state index is -0.239. The highest BCUT2D eigenvalue weighted by atomic mass is 16.5. The van der Waals surface area contributed by atoms with E-state index >= 15 is 0 Å². The summed E-state index contributed by atoms with van der Waals surface area (Å²) in [4.78, 5) is 25.1. The lowest BCUT2D eigenvalue weighted by atomic mass is 10.1. The van der Waals surface area contributed by atoms with Crippen molar-refractivity contribution in [3.8, 4) is 0 Å². The fourth-order valence-corrected chi connectivity index (χ4v) is 1.54. The largest absolute Gasteiger partial charge is 0.466 e.